The van der Waals surface area contributed by atoms with Crippen molar-refractivity contribution in [3.63, 3.8) is 0 Å². The Morgan fingerprint density at radius 3 is 2.17 bits per heavy atom. The number of carboxylic acid groups (broad SMARTS) is 1. The number of nitrogens with zero attached hydrogens (tertiary/aromatic N) is 3. The maximum atomic E-state index is 14.7. The van der Waals surface area contributed by atoms with E-state index in [1.54, 1.807) is 13.8 Å². The molecular weight excluding hydrogens is 477 g/mol. The first kappa shape index (κ1) is 30.2. The molecule has 2 atom stereocenters. The maximum absolute atomic E-state index is 14.7. The average molecular weight is 514 g/mol. The van der Waals surface area contributed by atoms with Gasteiger partial charge in [-0.25, -0.2) is 4.79 Å². The van der Waals surface area contributed by atoms with E-state index in [0.29, 0.717) is 0 Å². The molecule has 0 aromatic heterocycles. The molecule has 0 aliphatic rings. The van der Waals surface area contributed by atoms with Crippen LogP contribution >= 0.6 is 0 Å². The minimum atomic E-state index is -2.47. The van der Waals surface area contributed by atoms with Gasteiger partial charge in [0.15, 0.2) is 8.32 Å². The van der Waals surface area contributed by atoms with Crippen molar-refractivity contribution in [2.75, 3.05) is 13.6 Å². The van der Waals surface area contributed by atoms with E-state index in [1.807, 2.05) is 33.9 Å². The van der Waals surface area contributed by atoms with E-state index in [2.05, 4.69) is 0 Å². The summed E-state index contributed by atoms with van der Waals surface area (Å²) in [5.74, 6) is -4.01. The van der Waals surface area contributed by atoms with Crippen LogP contribution in [0.25, 0.3) is 0 Å². The summed E-state index contributed by atoms with van der Waals surface area (Å²) >= 11 is 0. The third kappa shape index (κ3) is 7.07. The van der Waals surface area contributed by atoms with Crippen LogP contribution in [-0.4, -0.2) is 71.8 Å². The predicted octanol–water partition coefficient (Wildman–Crippen LogP) is 4.75. The molecule has 0 fully saturated rings. The van der Waals surface area contributed by atoms with E-state index in [1.165, 1.54) is 20.0 Å². The van der Waals surface area contributed by atoms with Crippen molar-refractivity contribution in [3.8, 4) is 0 Å². The van der Waals surface area contributed by atoms with Crippen LogP contribution in [0.3, 0.4) is 0 Å². The summed E-state index contributed by atoms with van der Waals surface area (Å²) in [5, 5.41) is 20.3. The van der Waals surface area contributed by atoms with E-state index < -0.39 is 66.3 Å². The van der Waals surface area contributed by atoms with Crippen molar-refractivity contribution in [2.24, 2.45) is 5.92 Å². The zero-order valence-corrected chi connectivity index (χ0v) is 22.8. The molecular formula is C23H36FN3O7Si. The maximum Gasteiger partial charge on any atom is 0.407 e. The first-order chi connectivity index (χ1) is 15.8. The first-order valence-corrected chi connectivity index (χ1v) is 14.2. The fourth-order valence-electron chi connectivity index (χ4n) is 3.12. The summed E-state index contributed by atoms with van der Waals surface area (Å²) in [5.41, 5.74) is -1.47. The Bertz CT molecular complexity index is 978. The molecule has 0 heterocycles. The summed E-state index contributed by atoms with van der Waals surface area (Å²) in [7, 11) is -1.12. The van der Waals surface area contributed by atoms with E-state index in [0.717, 1.165) is 21.9 Å². The minimum absolute atomic E-state index is 0.125. The van der Waals surface area contributed by atoms with Crippen LogP contribution in [-0.2, 0) is 9.22 Å². The molecule has 0 aliphatic heterocycles. The molecule has 1 rings (SSSR count). The Labute approximate surface area is 206 Å². The largest absolute Gasteiger partial charge is 0.465 e. The summed E-state index contributed by atoms with van der Waals surface area (Å²) in [6.07, 6.45) is -2.09. The van der Waals surface area contributed by atoms with E-state index in [-0.39, 0.29) is 11.6 Å². The fraction of sp³-hybridized carbons (Fsp3) is 0.609. The molecule has 3 amide bonds. The van der Waals surface area contributed by atoms with Gasteiger partial charge < -0.3 is 14.4 Å². The van der Waals surface area contributed by atoms with Crippen LogP contribution in [0.2, 0.25) is 18.1 Å². The van der Waals surface area contributed by atoms with Crippen LogP contribution in [0.5, 0.6) is 0 Å². The molecule has 0 aliphatic carbocycles. The number of hydrogen-bond acceptors (Lipinski definition) is 6. The third-order valence-electron chi connectivity index (χ3n) is 6.36. The molecule has 35 heavy (non-hydrogen) atoms. The van der Waals surface area contributed by atoms with Gasteiger partial charge in [-0.2, -0.15) is 4.39 Å². The lowest BCUT2D eigenvalue weighted by Crippen LogP contribution is -2.54. The second-order valence-corrected chi connectivity index (χ2v) is 15.1. The lowest BCUT2D eigenvalue weighted by Gasteiger charge is -2.42. The minimum Gasteiger partial charge on any atom is -0.465 e. The summed E-state index contributed by atoms with van der Waals surface area (Å²) in [4.78, 5) is 50.3. The standard InChI is InChI=1S/C23H36FN3O7Si/c1-14(2)26(21(29)16-11-10-12-17(19(16)24)27(32)33)20(28)15(3)18(13-25(7)22(30)31)34-35(8,9)23(4,5)6/h10-12,14-15,18H,13H2,1-9H3,(H,30,31). The van der Waals surface area contributed by atoms with Crippen molar-refractivity contribution < 1.29 is 33.2 Å². The lowest BCUT2D eigenvalue weighted by molar-refractivity contribution is -0.387. The summed E-state index contributed by atoms with van der Waals surface area (Å²) in [6.45, 7) is 14.4. The average Bonchev–Trinajstić information content (AvgIpc) is 2.71. The SMILES string of the molecule is CC(C(=O)N(C(=O)c1cccc([N+](=O)[O-])c1F)C(C)C)C(CN(C)C(=O)O)O[Si](C)(C)C(C)(C)C. The number of rotatable bonds is 9. The normalized spacial score (nSPS) is 13.8. The van der Waals surface area contributed by atoms with Crippen LogP contribution in [0.1, 0.15) is 51.9 Å². The van der Waals surface area contributed by atoms with Crippen molar-refractivity contribution in [2.45, 2.75) is 71.8 Å². The molecule has 12 heteroatoms. The molecule has 0 saturated carbocycles. The quantitative estimate of drug-likeness (QED) is 0.286. The van der Waals surface area contributed by atoms with Gasteiger partial charge in [0, 0.05) is 25.7 Å². The number of nitro groups is 1. The number of benzene rings is 1. The number of imide groups is 1. The van der Waals surface area contributed by atoms with Gasteiger partial charge in [0.1, 0.15) is 0 Å². The molecule has 196 valence electrons. The van der Waals surface area contributed by atoms with Gasteiger partial charge in [-0.05, 0) is 38.0 Å². The molecule has 2 unspecified atom stereocenters. The topological polar surface area (TPSA) is 130 Å². The van der Waals surface area contributed by atoms with Crippen molar-refractivity contribution >= 4 is 31.9 Å². The van der Waals surface area contributed by atoms with E-state index in [4.69, 9.17) is 4.43 Å². The Morgan fingerprint density at radius 1 is 1.20 bits per heavy atom. The first-order valence-electron chi connectivity index (χ1n) is 11.3. The Balaban J connectivity index is 3.45. The van der Waals surface area contributed by atoms with Gasteiger partial charge >= 0.3 is 11.8 Å². The van der Waals surface area contributed by atoms with Gasteiger partial charge in [-0.1, -0.05) is 33.8 Å². The van der Waals surface area contributed by atoms with E-state index >= 15 is 0 Å². The molecule has 0 spiro atoms. The molecule has 0 saturated heterocycles. The highest BCUT2D eigenvalue weighted by atomic mass is 28.4. The van der Waals surface area contributed by atoms with Crippen LogP contribution in [0.4, 0.5) is 14.9 Å². The molecule has 1 N–H and O–H groups in total. The summed E-state index contributed by atoms with van der Waals surface area (Å²) in [6, 6.07) is 2.48. The Kier molecular flexibility index (Phi) is 9.70. The zero-order chi connectivity index (χ0) is 27.5. The second-order valence-electron chi connectivity index (χ2n) is 10.4. The lowest BCUT2D eigenvalue weighted by atomic mass is 10.0. The highest BCUT2D eigenvalue weighted by molar-refractivity contribution is 6.74. The Morgan fingerprint density at radius 2 is 1.74 bits per heavy atom. The van der Waals surface area contributed by atoms with Crippen LogP contribution in [0, 0.1) is 21.8 Å². The molecule has 0 radical (unpaired) electrons. The number of hydrogen-bond donors (Lipinski definition) is 1. The number of carbonyl (C=O) groups excluding carboxylic acids is 2. The van der Waals surface area contributed by atoms with Gasteiger partial charge in [-0.3, -0.25) is 24.6 Å². The third-order valence-corrected chi connectivity index (χ3v) is 10.9. The monoisotopic (exact) mass is 513 g/mol. The molecule has 1 aromatic rings. The van der Waals surface area contributed by atoms with Gasteiger partial charge in [0.25, 0.3) is 5.91 Å². The molecule has 1 aromatic carbocycles. The highest BCUT2D eigenvalue weighted by Gasteiger charge is 2.43. The fourth-order valence-corrected chi connectivity index (χ4v) is 4.51. The highest BCUT2D eigenvalue weighted by Crippen LogP contribution is 2.38. The van der Waals surface area contributed by atoms with Crippen molar-refractivity contribution in [1.29, 1.82) is 0 Å². The van der Waals surface area contributed by atoms with Gasteiger partial charge in [0.05, 0.1) is 22.5 Å². The number of likely N-dealkylation sites (N-methyl/N-ethyl adjacent to an activating group) is 1. The molecule has 0 bridgehead atoms. The van der Waals surface area contributed by atoms with Crippen LogP contribution < -0.4 is 0 Å². The number of halogens is 1. The van der Waals surface area contributed by atoms with Gasteiger partial charge in [0.2, 0.25) is 11.7 Å². The number of carbonyl (C=O) groups is 3. The number of amides is 3. The Hall–Kier alpha value is -2.86. The molecule has 10 nitrogen and oxygen atoms in total. The summed E-state index contributed by atoms with van der Waals surface area (Å²) < 4.78 is 21.2. The van der Waals surface area contributed by atoms with E-state index in [9.17, 15) is 34.0 Å². The number of nitro benzene ring substituents is 1. The van der Waals surface area contributed by atoms with Crippen LogP contribution in [0.15, 0.2) is 18.2 Å². The zero-order valence-electron chi connectivity index (χ0n) is 21.8. The predicted molar refractivity (Wildman–Crippen MR) is 131 cm³/mol. The van der Waals surface area contributed by atoms with Gasteiger partial charge in [-0.15, -0.1) is 0 Å². The smallest absolute Gasteiger partial charge is 0.407 e. The second kappa shape index (κ2) is 11.3. The van der Waals surface area contributed by atoms with Crippen molar-refractivity contribution in [3.05, 3.63) is 39.7 Å². The van der Waals surface area contributed by atoms with Crippen molar-refractivity contribution in [1.82, 2.24) is 9.80 Å².